The molecule has 0 aliphatic carbocycles. The van der Waals surface area contributed by atoms with E-state index in [2.05, 4.69) is 15.3 Å². The first-order valence-corrected chi connectivity index (χ1v) is 5.89. The number of rotatable bonds is 5. The number of hydrogen-bond acceptors (Lipinski definition) is 6. The van der Waals surface area contributed by atoms with Gasteiger partial charge in [0.2, 0.25) is 17.6 Å². The third-order valence-electron chi connectivity index (χ3n) is 2.38. The number of hydrogen-bond donors (Lipinski definition) is 1. The van der Waals surface area contributed by atoms with E-state index in [1.807, 2.05) is 0 Å². The highest BCUT2D eigenvalue weighted by Gasteiger charge is 2.16. The molecule has 0 saturated carbocycles. The summed E-state index contributed by atoms with van der Waals surface area (Å²) in [5.41, 5.74) is -0.696. The fourth-order valence-electron chi connectivity index (χ4n) is 1.48. The smallest absolute Gasteiger partial charge is 0.305 e. The Balaban J connectivity index is 2.27. The van der Waals surface area contributed by atoms with Crippen LogP contribution in [-0.2, 0) is 0 Å². The quantitative estimate of drug-likeness (QED) is 0.674. The molecule has 0 unspecified atom stereocenters. The maximum absolute atomic E-state index is 13.5. The van der Waals surface area contributed by atoms with Gasteiger partial charge >= 0.3 is 5.69 Å². The zero-order valence-corrected chi connectivity index (χ0v) is 10.8. The summed E-state index contributed by atoms with van der Waals surface area (Å²) < 4.78 is 32.1. The van der Waals surface area contributed by atoms with Gasteiger partial charge in [-0.2, -0.15) is 13.8 Å². The second kappa shape index (κ2) is 6.07. The average molecular weight is 296 g/mol. The van der Waals surface area contributed by atoms with Gasteiger partial charge in [-0.25, -0.2) is 4.98 Å². The van der Waals surface area contributed by atoms with E-state index in [1.54, 1.807) is 6.92 Å². The van der Waals surface area contributed by atoms with Crippen molar-refractivity contribution < 1.29 is 18.4 Å². The van der Waals surface area contributed by atoms with Gasteiger partial charge in [-0.05, 0) is 13.0 Å². The van der Waals surface area contributed by atoms with Gasteiger partial charge in [0.1, 0.15) is 5.75 Å². The number of nitro groups is 1. The second-order valence-electron chi connectivity index (χ2n) is 3.85. The molecule has 9 heteroatoms. The Hall–Kier alpha value is -2.84. The minimum Gasteiger partial charge on any atom is -0.436 e. The number of nitro benzene ring substituents is 1. The van der Waals surface area contributed by atoms with Crippen LogP contribution in [0.3, 0.4) is 0 Å². The Morgan fingerprint density at radius 2 is 2.14 bits per heavy atom. The van der Waals surface area contributed by atoms with Crippen LogP contribution in [0.4, 0.5) is 20.4 Å². The Kier molecular flexibility index (Phi) is 4.21. The Labute approximate surface area is 117 Å². The van der Waals surface area contributed by atoms with Crippen molar-refractivity contribution in [2.75, 3.05) is 11.9 Å². The summed E-state index contributed by atoms with van der Waals surface area (Å²) in [6.45, 7) is 2.33. The van der Waals surface area contributed by atoms with Crippen molar-refractivity contribution in [3.63, 3.8) is 0 Å². The van der Waals surface area contributed by atoms with Crippen molar-refractivity contribution >= 4 is 11.6 Å². The SMILES string of the molecule is CCNc1ncc(F)c(Oc2ccc([N+](=O)[O-])c(F)c2)n1. The molecular formula is C12H10F2N4O3. The van der Waals surface area contributed by atoms with Crippen molar-refractivity contribution in [3.8, 4) is 11.6 Å². The molecule has 0 bridgehead atoms. The van der Waals surface area contributed by atoms with Gasteiger partial charge in [-0.1, -0.05) is 0 Å². The van der Waals surface area contributed by atoms with Crippen LogP contribution in [0, 0.1) is 21.7 Å². The van der Waals surface area contributed by atoms with Crippen LogP contribution >= 0.6 is 0 Å². The summed E-state index contributed by atoms with van der Waals surface area (Å²) >= 11 is 0. The molecule has 7 nitrogen and oxygen atoms in total. The van der Waals surface area contributed by atoms with E-state index < -0.39 is 28.1 Å². The molecule has 0 amide bonds. The molecule has 0 aliphatic rings. The number of ether oxygens (including phenoxy) is 1. The van der Waals surface area contributed by atoms with E-state index in [9.17, 15) is 18.9 Å². The highest BCUT2D eigenvalue weighted by Crippen LogP contribution is 2.27. The molecule has 2 rings (SSSR count). The largest absolute Gasteiger partial charge is 0.436 e. The normalized spacial score (nSPS) is 10.2. The summed E-state index contributed by atoms with van der Waals surface area (Å²) in [6.07, 6.45) is 0.905. The van der Waals surface area contributed by atoms with Gasteiger partial charge in [0.25, 0.3) is 5.88 Å². The number of halogens is 2. The number of aromatic nitrogens is 2. The van der Waals surface area contributed by atoms with Crippen molar-refractivity contribution in [3.05, 3.63) is 46.1 Å². The van der Waals surface area contributed by atoms with Crippen molar-refractivity contribution in [2.45, 2.75) is 6.92 Å². The lowest BCUT2D eigenvalue weighted by Gasteiger charge is -2.07. The van der Waals surface area contributed by atoms with E-state index in [4.69, 9.17) is 4.74 Å². The van der Waals surface area contributed by atoms with E-state index in [0.29, 0.717) is 6.54 Å². The molecule has 0 atom stereocenters. The lowest BCUT2D eigenvalue weighted by molar-refractivity contribution is -0.387. The maximum Gasteiger partial charge on any atom is 0.305 e. The van der Waals surface area contributed by atoms with Crippen LogP contribution in [0.25, 0.3) is 0 Å². The molecular weight excluding hydrogens is 286 g/mol. The molecule has 1 heterocycles. The first-order chi connectivity index (χ1) is 10.0. The summed E-state index contributed by atoms with van der Waals surface area (Å²) in [5.74, 6) is -2.29. The second-order valence-corrected chi connectivity index (χ2v) is 3.85. The lowest BCUT2D eigenvalue weighted by Crippen LogP contribution is -2.04. The number of nitrogens with zero attached hydrogens (tertiary/aromatic N) is 3. The Bertz CT molecular complexity index is 682. The maximum atomic E-state index is 13.5. The predicted molar refractivity (Wildman–Crippen MR) is 69.3 cm³/mol. The summed E-state index contributed by atoms with van der Waals surface area (Å²) in [4.78, 5) is 17.1. The van der Waals surface area contributed by atoms with E-state index in [-0.39, 0.29) is 11.7 Å². The number of anilines is 1. The predicted octanol–water partition coefficient (Wildman–Crippen LogP) is 2.89. The zero-order valence-electron chi connectivity index (χ0n) is 10.8. The van der Waals surface area contributed by atoms with Crippen molar-refractivity contribution in [2.24, 2.45) is 0 Å². The molecule has 110 valence electrons. The van der Waals surface area contributed by atoms with Gasteiger partial charge in [-0.3, -0.25) is 10.1 Å². The van der Waals surface area contributed by atoms with E-state index in [1.165, 1.54) is 0 Å². The molecule has 2 aromatic rings. The molecule has 1 aromatic heterocycles. The molecule has 0 fully saturated rings. The van der Waals surface area contributed by atoms with Gasteiger partial charge in [0.15, 0.2) is 0 Å². The Morgan fingerprint density at radius 3 is 2.76 bits per heavy atom. The minimum atomic E-state index is -1.08. The molecule has 0 aliphatic heterocycles. The van der Waals surface area contributed by atoms with Gasteiger partial charge in [0.05, 0.1) is 11.1 Å². The third kappa shape index (κ3) is 3.38. The molecule has 0 radical (unpaired) electrons. The molecule has 1 aromatic carbocycles. The molecule has 1 N–H and O–H groups in total. The van der Waals surface area contributed by atoms with E-state index in [0.717, 1.165) is 24.4 Å². The van der Waals surface area contributed by atoms with Crippen LogP contribution < -0.4 is 10.1 Å². The summed E-state index contributed by atoms with van der Waals surface area (Å²) in [5, 5.41) is 13.3. The highest BCUT2D eigenvalue weighted by atomic mass is 19.1. The van der Waals surface area contributed by atoms with E-state index >= 15 is 0 Å². The summed E-state index contributed by atoms with van der Waals surface area (Å²) in [7, 11) is 0. The van der Waals surface area contributed by atoms with Crippen LogP contribution in [0.2, 0.25) is 0 Å². The van der Waals surface area contributed by atoms with Gasteiger partial charge in [0, 0.05) is 18.7 Å². The minimum absolute atomic E-state index is 0.113. The third-order valence-corrected chi connectivity index (χ3v) is 2.38. The van der Waals surface area contributed by atoms with Gasteiger partial charge < -0.3 is 10.1 Å². The first-order valence-electron chi connectivity index (χ1n) is 5.89. The standard InChI is InChI=1S/C12H10F2N4O3/c1-2-15-12-16-6-9(14)11(17-12)21-7-3-4-10(18(19)20)8(13)5-7/h3-6H,2H2,1H3,(H,15,16,17). The van der Waals surface area contributed by atoms with Gasteiger partial charge in [-0.15, -0.1) is 0 Å². The topological polar surface area (TPSA) is 90.2 Å². The molecule has 0 spiro atoms. The van der Waals surface area contributed by atoms with Crippen LogP contribution in [0.5, 0.6) is 11.6 Å². The fourth-order valence-corrected chi connectivity index (χ4v) is 1.48. The van der Waals surface area contributed by atoms with Crippen LogP contribution in [0.15, 0.2) is 24.4 Å². The monoisotopic (exact) mass is 296 g/mol. The number of nitrogens with one attached hydrogen (secondary N) is 1. The summed E-state index contributed by atoms with van der Waals surface area (Å²) in [6, 6.07) is 2.86. The number of benzene rings is 1. The van der Waals surface area contributed by atoms with Crippen LogP contribution in [-0.4, -0.2) is 21.4 Å². The Morgan fingerprint density at radius 1 is 1.38 bits per heavy atom. The molecule has 21 heavy (non-hydrogen) atoms. The van der Waals surface area contributed by atoms with Crippen LogP contribution in [0.1, 0.15) is 6.92 Å². The first kappa shape index (κ1) is 14.6. The fraction of sp³-hybridized carbons (Fsp3) is 0.167. The van der Waals surface area contributed by atoms with Crippen molar-refractivity contribution in [1.29, 1.82) is 0 Å². The van der Waals surface area contributed by atoms with Crippen molar-refractivity contribution in [1.82, 2.24) is 9.97 Å². The zero-order chi connectivity index (χ0) is 15.4. The average Bonchev–Trinajstić information content (AvgIpc) is 2.42. The highest BCUT2D eigenvalue weighted by molar-refractivity contribution is 5.40. The molecule has 0 saturated heterocycles. The lowest BCUT2D eigenvalue weighted by atomic mass is 10.3.